The highest BCUT2D eigenvalue weighted by Crippen LogP contribution is 2.06. The molecule has 0 aliphatic heterocycles. The minimum absolute atomic E-state index is 0.0342. The number of aromatic nitrogens is 1. The van der Waals surface area contributed by atoms with Gasteiger partial charge in [-0.1, -0.05) is 24.3 Å². The third-order valence-corrected chi connectivity index (χ3v) is 2.45. The van der Waals surface area contributed by atoms with Gasteiger partial charge in [0, 0.05) is 37.6 Å². The molecule has 0 unspecified atom stereocenters. The highest BCUT2D eigenvalue weighted by molar-refractivity contribution is 5.23. The third-order valence-electron chi connectivity index (χ3n) is 2.45. The van der Waals surface area contributed by atoms with Crippen LogP contribution in [0.4, 0.5) is 0 Å². The zero-order chi connectivity index (χ0) is 11.4. The van der Waals surface area contributed by atoms with Gasteiger partial charge in [0.25, 0.3) is 0 Å². The summed E-state index contributed by atoms with van der Waals surface area (Å²) >= 11 is 0. The van der Waals surface area contributed by atoms with Crippen LogP contribution in [-0.4, -0.2) is 4.57 Å². The van der Waals surface area contributed by atoms with Crippen LogP contribution in [0.1, 0.15) is 11.1 Å². The first-order chi connectivity index (χ1) is 7.78. The highest BCUT2D eigenvalue weighted by Gasteiger charge is 1.95. The predicted molar refractivity (Wildman–Crippen MR) is 64.1 cm³/mol. The first kappa shape index (κ1) is 10.6. The fourth-order valence-electron chi connectivity index (χ4n) is 1.61. The molecule has 3 nitrogen and oxygen atoms in total. The average Bonchev–Trinajstić information content (AvgIpc) is 2.32. The van der Waals surface area contributed by atoms with Crippen LogP contribution in [0.15, 0.2) is 53.6 Å². The van der Waals surface area contributed by atoms with E-state index in [-0.39, 0.29) is 5.43 Å². The molecule has 0 radical (unpaired) electrons. The Hall–Kier alpha value is -1.87. The second-order valence-electron chi connectivity index (χ2n) is 3.73. The standard InChI is InChI=1S/C13H14N2O/c14-9-11-2-1-3-12(8-11)10-15-6-4-13(16)5-7-15/h1-8H,9-10,14H2. The molecular weight excluding hydrogens is 200 g/mol. The third kappa shape index (κ3) is 2.58. The van der Waals surface area contributed by atoms with Crippen molar-refractivity contribution in [3.8, 4) is 0 Å². The van der Waals surface area contributed by atoms with Crippen LogP contribution in [0.3, 0.4) is 0 Å². The van der Waals surface area contributed by atoms with Crippen LogP contribution >= 0.6 is 0 Å². The lowest BCUT2D eigenvalue weighted by Crippen LogP contribution is -2.05. The first-order valence-corrected chi connectivity index (χ1v) is 5.22. The van der Waals surface area contributed by atoms with E-state index in [0.29, 0.717) is 6.54 Å². The van der Waals surface area contributed by atoms with E-state index in [1.165, 1.54) is 5.56 Å². The van der Waals surface area contributed by atoms with E-state index in [9.17, 15) is 4.79 Å². The lowest BCUT2D eigenvalue weighted by molar-refractivity contribution is 0.787. The minimum Gasteiger partial charge on any atom is -0.350 e. The molecule has 0 atom stereocenters. The van der Waals surface area contributed by atoms with E-state index in [2.05, 4.69) is 12.1 Å². The number of nitrogens with two attached hydrogens (primary N) is 1. The topological polar surface area (TPSA) is 48.0 Å². The summed E-state index contributed by atoms with van der Waals surface area (Å²) in [6, 6.07) is 11.3. The summed E-state index contributed by atoms with van der Waals surface area (Å²) in [5, 5.41) is 0. The van der Waals surface area contributed by atoms with Gasteiger partial charge in [0.1, 0.15) is 0 Å². The summed E-state index contributed by atoms with van der Waals surface area (Å²) in [7, 11) is 0. The molecule has 0 amide bonds. The molecule has 16 heavy (non-hydrogen) atoms. The molecule has 2 N–H and O–H groups in total. The van der Waals surface area contributed by atoms with E-state index < -0.39 is 0 Å². The Morgan fingerprint density at radius 1 is 1.06 bits per heavy atom. The van der Waals surface area contributed by atoms with Gasteiger partial charge in [-0.2, -0.15) is 0 Å². The Balaban J connectivity index is 2.20. The number of hydrogen-bond donors (Lipinski definition) is 1. The van der Waals surface area contributed by atoms with E-state index in [4.69, 9.17) is 5.73 Å². The molecule has 0 bridgehead atoms. The molecule has 3 heteroatoms. The average molecular weight is 214 g/mol. The van der Waals surface area contributed by atoms with E-state index in [1.807, 2.05) is 16.7 Å². The van der Waals surface area contributed by atoms with Crippen molar-refractivity contribution in [1.29, 1.82) is 0 Å². The van der Waals surface area contributed by atoms with Gasteiger partial charge in [-0.3, -0.25) is 4.79 Å². The maximum absolute atomic E-state index is 10.9. The Morgan fingerprint density at radius 2 is 1.75 bits per heavy atom. The molecular formula is C13H14N2O. The second kappa shape index (κ2) is 4.77. The molecule has 1 aromatic carbocycles. The quantitative estimate of drug-likeness (QED) is 0.838. The van der Waals surface area contributed by atoms with Crippen molar-refractivity contribution in [2.45, 2.75) is 13.1 Å². The van der Waals surface area contributed by atoms with Crippen molar-refractivity contribution in [2.75, 3.05) is 0 Å². The highest BCUT2D eigenvalue weighted by atomic mass is 16.1. The number of pyridine rings is 1. The van der Waals surface area contributed by atoms with Crippen molar-refractivity contribution in [3.05, 3.63) is 70.1 Å². The Kier molecular flexibility index (Phi) is 3.17. The smallest absolute Gasteiger partial charge is 0.181 e. The van der Waals surface area contributed by atoms with Gasteiger partial charge in [0.05, 0.1) is 0 Å². The SMILES string of the molecule is NCc1cccc(Cn2ccc(=O)cc2)c1. The van der Waals surface area contributed by atoms with Crippen LogP contribution in [0, 0.1) is 0 Å². The Bertz CT molecular complexity index is 511. The normalized spacial score (nSPS) is 10.3. The van der Waals surface area contributed by atoms with Gasteiger partial charge >= 0.3 is 0 Å². The van der Waals surface area contributed by atoms with Crippen molar-refractivity contribution in [1.82, 2.24) is 4.57 Å². The summed E-state index contributed by atoms with van der Waals surface area (Å²) in [4.78, 5) is 10.9. The maximum atomic E-state index is 10.9. The van der Waals surface area contributed by atoms with Gasteiger partial charge < -0.3 is 10.3 Å². The first-order valence-electron chi connectivity index (χ1n) is 5.22. The number of benzene rings is 1. The monoisotopic (exact) mass is 214 g/mol. The number of nitrogens with zero attached hydrogens (tertiary/aromatic N) is 1. The summed E-state index contributed by atoms with van der Waals surface area (Å²) in [5.41, 5.74) is 7.93. The second-order valence-corrected chi connectivity index (χ2v) is 3.73. The van der Waals surface area contributed by atoms with E-state index in [1.54, 1.807) is 24.5 Å². The van der Waals surface area contributed by atoms with Gasteiger partial charge in [-0.25, -0.2) is 0 Å². The fourth-order valence-corrected chi connectivity index (χ4v) is 1.61. The molecule has 1 heterocycles. The molecule has 2 aromatic rings. The fraction of sp³-hybridized carbons (Fsp3) is 0.154. The largest absolute Gasteiger partial charge is 0.350 e. The zero-order valence-corrected chi connectivity index (χ0v) is 8.97. The zero-order valence-electron chi connectivity index (χ0n) is 8.97. The molecule has 0 fully saturated rings. The van der Waals surface area contributed by atoms with Crippen LogP contribution in [-0.2, 0) is 13.1 Å². The van der Waals surface area contributed by atoms with E-state index >= 15 is 0 Å². The van der Waals surface area contributed by atoms with Gasteiger partial charge in [0.2, 0.25) is 0 Å². The lowest BCUT2D eigenvalue weighted by Gasteiger charge is -2.07. The molecule has 0 saturated heterocycles. The van der Waals surface area contributed by atoms with Crippen molar-refractivity contribution in [3.63, 3.8) is 0 Å². The van der Waals surface area contributed by atoms with Gasteiger partial charge in [0.15, 0.2) is 5.43 Å². The summed E-state index contributed by atoms with van der Waals surface area (Å²) < 4.78 is 1.97. The van der Waals surface area contributed by atoms with Crippen LogP contribution < -0.4 is 11.2 Å². The van der Waals surface area contributed by atoms with E-state index in [0.717, 1.165) is 12.1 Å². The van der Waals surface area contributed by atoms with Crippen LogP contribution in [0.25, 0.3) is 0 Å². The molecule has 0 spiro atoms. The van der Waals surface area contributed by atoms with Gasteiger partial charge in [-0.05, 0) is 11.1 Å². The molecule has 82 valence electrons. The number of hydrogen-bond acceptors (Lipinski definition) is 2. The van der Waals surface area contributed by atoms with Crippen LogP contribution in [0.5, 0.6) is 0 Å². The Morgan fingerprint density at radius 3 is 2.44 bits per heavy atom. The molecule has 0 aliphatic carbocycles. The lowest BCUT2D eigenvalue weighted by atomic mass is 10.1. The molecule has 0 saturated carbocycles. The summed E-state index contributed by atoms with van der Waals surface area (Å²) in [6.07, 6.45) is 3.58. The molecule has 1 aromatic heterocycles. The molecule has 2 rings (SSSR count). The van der Waals surface area contributed by atoms with Gasteiger partial charge in [-0.15, -0.1) is 0 Å². The van der Waals surface area contributed by atoms with Crippen molar-refractivity contribution in [2.24, 2.45) is 5.73 Å². The summed E-state index contributed by atoms with van der Waals surface area (Å²) in [6.45, 7) is 1.31. The Labute approximate surface area is 94.1 Å². The van der Waals surface area contributed by atoms with Crippen LogP contribution in [0.2, 0.25) is 0 Å². The maximum Gasteiger partial charge on any atom is 0.181 e. The predicted octanol–water partition coefficient (Wildman–Crippen LogP) is 1.36. The van der Waals surface area contributed by atoms with Crippen molar-refractivity contribution >= 4 is 0 Å². The number of rotatable bonds is 3. The summed E-state index contributed by atoms with van der Waals surface area (Å²) in [5.74, 6) is 0. The molecule has 0 aliphatic rings. The van der Waals surface area contributed by atoms with Crippen molar-refractivity contribution < 1.29 is 0 Å². The minimum atomic E-state index is 0.0342.